The lowest BCUT2D eigenvalue weighted by Crippen LogP contribution is -2.20. The van der Waals surface area contributed by atoms with Crippen molar-refractivity contribution in [2.24, 2.45) is 5.92 Å². The number of aromatic nitrogens is 1. The molecule has 1 aromatic rings. The Labute approximate surface area is 105 Å². The molecule has 2 atom stereocenters. The third-order valence-corrected chi connectivity index (χ3v) is 3.55. The summed E-state index contributed by atoms with van der Waals surface area (Å²) in [6.45, 7) is 0. The van der Waals surface area contributed by atoms with Crippen LogP contribution in [-0.4, -0.2) is 18.0 Å². The summed E-state index contributed by atoms with van der Waals surface area (Å²) >= 11 is 0. The fourth-order valence-electron chi connectivity index (χ4n) is 2.62. The maximum Gasteiger partial charge on any atom is 0.248 e. The summed E-state index contributed by atoms with van der Waals surface area (Å²) in [4.78, 5) is 3.79. The first kappa shape index (κ1) is 13.3. The van der Waals surface area contributed by atoms with Crippen LogP contribution >= 0.6 is 0 Å². The summed E-state index contributed by atoms with van der Waals surface area (Å²) in [5.74, 6) is -2.94. The van der Waals surface area contributed by atoms with Crippen LogP contribution in [0.4, 0.5) is 13.2 Å². The average Bonchev–Trinajstić information content (AvgIpc) is 2.65. The minimum absolute atomic E-state index is 0.0132. The number of alkyl halides is 2. The third-order valence-electron chi connectivity index (χ3n) is 3.55. The Balaban J connectivity index is 2.02. The fraction of sp³-hybridized carbons (Fsp3) is 0.615. The summed E-state index contributed by atoms with van der Waals surface area (Å²) < 4.78 is 39.3. The summed E-state index contributed by atoms with van der Waals surface area (Å²) in [7, 11) is 1.75. The normalized spacial score (nSPS) is 24.1. The van der Waals surface area contributed by atoms with E-state index in [1.165, 1.54) is 6.07 Å². The highest BCUT2D eigenvalue weighted by atomic mass is 19.3. The first-order valence-corrected chi connectivity index (χ1v) is 6.16. The van der Waals surface area contributed by atoms with Crippen molar-refractivity contribution in [3.63, 3.8) is 0 Å². The van der Waals surface area contributed by atoms with Crippen LogP contribution in [0.15, 0.2) is 18.5 Å². The molecular formula is C13H17F3N2. The number of hydrogen-bond donors (Lipinski definition) is 1. The van der Waals surface area contributed by atoms with Gasteiger partial charge in [0.1, 0.15) is 5.82 Å². The van der Waals surface area contributed by atoms with E-state index in [2.05, 4.69) is 10.3 Å². The van der Waals surface area contributed by atoms with Crippen LogP contribution in [-0.2, 0) is 0 Å². The quantitative estimate of drug-likeness (QED) is 0.896. The minimum Gasteiger partial charge on any atom is -0.313 e. The molecular weight excluding hydrogens is 241 g/mol. The molecule has 0 amide bonds. The Kier molecular flexibility index (Phi) is 3.90. The molecule has 100 valence electrons. The summed E-state index contributed by atoms with van der Waals surface area (Å²) in [6, 6.07) is 1.29. The van der Waals surface area contributed by atoms with Gasteiger partial charge in [0.05, 0.1) is 6.20 Å². The van der Waals surface area contributed by atoms with Gasteiger partial charge in [0, 0.05) is 25.1 Å². The van der Waals surface area contributed by atoms with Crippen molar-refractivity contribution >= 4 is 0 Å². The predicted octanol–water partition coefficient (Wildman–Crippen LogP) is 3.31. The van der Waals surface area contributed by atoms with E-state index in [1.807, 2.05) is 0 Å². The van der Waals surface area contributed by atoms with Crippen molar-refractivity contribution in [3.05, 3.63) is 29.8 Å². The molecule has 0 aromatic carbocycles. The van der Waals surface area contributed by atoms with Gasteiger partial charge >= 0.3 is 0 Å². The molecule has 1 aromatic heterocycles. The molecule has 1 heterocycles. The molecule has 0 saturated heterocycles. The molecule has 0 radical (unpaired) electrons. The van der Waals surface area contributed by atoms with E-state index in [0.717, 1.165) is 6.20 Å². The van der Waals surface area contributed by atoms with E-state index in [0.29, 0.717) is 18.4 Å². The molecule has 0 bridgehead atoms. The summed E-state index contributed by atoms with van der Waals surface area (Å²) in [5, 5.41) is 3.05. The Morgan fingerprint density at radius 3 is 2.83 bits per heavy atom. The number of rotatable bonds is 4. The molecule has 2 rings (SSSR count). The molecule has 2 nitrogen and oxygen atoms in total. The molecule has 0 spiro atoms. The second-order valence-electron chi connectivity index (χ2n) is 4.98. The minimum atomic E-state index is -2.52. The number of nitrogens with one attached hydrogen (secondary N) is 1. The third kappa shape index (κ3) is 3.22. The van der Waals surface area contributed by atoms with Crippen LogP contribution < -0.4 is 5.32 Å². The highest BCUT2D eigenvalue weighted by Gasteiger charge is 2.39. The van der Waals surface area contributed by atoms with Crippen molar-refractivity contribution < 1.29 is 13.2 Å². The first-order chi connectivity index (χ1) is 8.50. The molecule has 2 unspecified atom stereocenters. The topological polar surface area (TPSA) is 24.9 Å². The summed E-state index contributed by atoms with van der Waals surface area (Å²) in [6.07, 6.45) is 3.76. The van der Waals surface area contributed by atoms with Crippen molar-refractivity contribution in [1.82, 2.24) is 10.3 Å². The van der Waals surface area contributed by atoms with Crippen molar-refractivity contribution in [2.75, 3.05) is 7.05 Å². The highest BCUT2D eigenvalue weighted by Crippen LogP contribution is 2.42. The van der Waals surface area contributed by atoms with E-state index in [-0.39, 0.29) is 24.8 Å². The lowest BCUT2D eigenvalue weighted by molar-refractivity contribution is 0.00433. The smallest absolute Gasteiger partial charge is 0.248 e. The Morgan fingerprint density at radius 2 is 2.28 bits per heavy atom. The van der Waals surface area contributed by atoms with Gasteiger partial charge in [-0.3, -0.25) is 4.98 Å². The van der Waals surface area contributed by atoms with Crippen molar-refractivity contribution in [1.29, 1.82) is 0 Å². The zero-order valence-electron chi connectivity index (χ0n) is 10.3. The van der Waals surface area contributed by atoms with Gasteiger partial charge in [-0.05, 0) is 37.4 Å². The fourth-order valence-corrected chi connectivity index (χ4v) is 2.62. The van der Waals surface area contributed by atoms with E-state index in [4.69, 9.17) is 0 Å². The Bertz CT molecular complexity index is 409. The van der Waals surface area contributed by atoms with Gasteiger partial charge in [-0.15, -0.1) is 0 Å². The molecule has 1 saturated carbocycles. The standard InChI is InChI=1S/C13H17F3N2/c1-17-12(10-5-11(14)8-18-7-10)4-9-2-3-13(15,16)6-9/h5,7-9,12,17H,2-4,6H2,1H3. The van der Waals surface area contributed by atoms with Crippen LogP contribution in [0.5, 0.6) is 0 Å². The van der Waals surface area contributed by atoms with Gasteiger partial charge in [0.15, 0.2) is 0 Å². The molecule has 1 aliphatic rings. The molecule has 18 heavy (non-hydrogen) atoms. The van der Waals surface area contributed by atoms with Gasteiger partial charge in [-0.1, -0.05) is 0 Å². The monoisotopic (exact) mass is 258 g/mol. The SMILES string of the molecule is CNC(CC1CCC(F)(F)C1)c1cncc(F)c1. The van der Waals surface area contributed by atoms with Crippen LogP contribution in [0, 0.1) is 11.7 Å². The van der Waals surface area contributed by atoms with Crippen LogP contribution in [0.2, 0.25) is 0 Å². The van der Waals surface area contributed by atoms with Gasteiger partial charge in [0.2, 0.25) is 5.92 Å². The van der Waals surface area contributed by atoms with Gasteiger partial charge in [-0.25, -0.2) is 13.2 Å². The number of nitrogens with zero attached hydrogens (tertiary/aromatic N) is 1. The molecule has 1 N–H and O–H groups in total. The molecule has 1 fully saturated rings. The first-order valence-electron chi connectivity index (χ1n) is 6.16. The van der Waals surface area contributed by atoms with Crippen LogP contribution in [0.1, 0.15) is 37.3 Å². The maximum absolute atomic E-state index is 13.1. The van der Waals surface area contributed by atoms with E-state index >= 15 is 0 Å². The zero-order valence-corrected chi connectivity index (χ0v) is 10.3. The second-order valence-corrected chi connectivity index (χ2v) is 4.98. The molecule has 5 heteroatoms. The highest BCUT2D eigenvalue weighted by molar-refractivity contribution is 5.15. The maximum atomic E-state index is 13.1. The summed E-state index contributed by atoms with van der Waals surface area (Å²) in [5.41, 5.74) is 0.715. The zero-order chi connectivity index (χ0) is 13.2. The number of halogens is 3. The lowest BCUT2D eigenvalue weighted by Gasteiger charge is -2.20. The van der Waals surface area contributed by atoms with Gasteiger partial charge in [0.25, 0.3) is 0 Å². The van der Waals surface area contributed by atoms with Crippen molar-refractivity contribution in [2.45, 2.75) is 37.6 Å². The van der Waals surface area contributed by atoms with Crippen molar-refractivity contribution in [3.8, 4) is 0 Å². The predicted molar refractivity (Wildman–Crippen MR) is 62.9 cm³/mol. The van der Waals surface area contributed by atoms with E-state index in [9.17, 15) is 13.2 Å². The van der Waals surface area contributed by atoms with Crippen LogP contribution in [0.25, 0.3) is 0 Å². The van der Waals surface area contributed by atoms with Crippen LogP contribution in [0.3, 0.4) is 0 Å². The Hall–Kier alpha value is -1.10. The number of hydrogen-bond acceptors (Lipinski definition) is 2. The lowest BCUT2D eigenvalue weighted by atomic mass is 9.94. The molecule has 0 aliphatic heterocycles. The van der Waals surface area contributed by atoms with Gasteiger partial charge in [-0.2, -0.15) is 0 Å². The Morgan fingerprint density at radius 1 is 1.50 bits per heavy atom. The van der Waals surface area contributed by atoms with E-state index < -0.39 is 11.7 Å². The van der Waals surface area contributed by atoms with E-state index in [1.54, 1.807) is 13.2 Å². The largest absolute Gasteiger partial charge is 0.313 e. The molecule has 1 aliphatic carbocycles. The number of pyridine rings is 1. The second kappa shape index (κ2) is 5.26. The van der Waals surface area contributed by atoms with Gasteiger partial charge < -0.3 is 5.32 Å². The average molecular weight is 258 g/mol.